The Morgan fingerprint density at radius 1 is 1.36 bits per heavy atom. The fraction of sp³-hybridized carbons (Fsp3) is 1.00. The monoisotopic (exact) mass is 153 g/mol. The second-order valence-corrected chi connectivity index (χ2v) is 4.81. The van der Waals surface area contributed by atoms with Gasteiger partial charge in [-0.25, -0.2) is 0 Å². The summed E-state index contributed by atoms with van der Waals surface area (Å²) >= 11 is 0. The zero-order chi connectivity index (χ0) is 8.06. The molecule has 1 saturated heterocycles. The van der Waals surface area contributed by atoms with Crippen LogP contribution < -0.4 is 0 Å². The third kappa shape index (κ3) is 0.936. The van der Waals surface area contributed by atoms with Gasteiger partial charge >= 0.3 is 0 Å². The van der Waals surface area contributed by atoms with E-state index in [1.165, 1.54) is 25.8 Å². The van der Waals surface area contributed by atoms with Gasteiger partial charge in [0.15, 0.2) is 0 Å². The van der Waals surface area contributed by atoms with Crippen LogP contribution in [-0.4, -0.2) is 24.0 Å². The van der Waals surface area contributed by atoms with Crippen LogP contribution in [0.2, 0.25) is 0 Å². The molecular formula is C10H19N. The van der Waals surface area contributed by atoms with E-state index in [4.69, 9.17) is 0 Å². The molecule has 0 aromatic heterocycles. The lowest BCUT2D eigenvalue weighted by Crippen LogP contribution is -2.65. The van der Waals surface area contributed by atoms with E-state index in [0.29, 0.717) is 5.54 Å². The Morgan fingerprint density at radius 3 is 2.27 bits per heavy atom. The molecule has 2 aliphatic rings. The molecule has 1 heteroatoms. The van der Waals surface area contributed by atoms with Gasteiger partial charge in [-0.2, -0.15) is 0 Å². The van der Waals surface area contributed by atoms with Gasteiger partial charge in [-0.1, -0.05) is 13.8 Å². The van der Waals surface area contributed by atoms with Gasteiger partial charge in [0, 0.05) is 12.1 Å². The summed E-state index contributed by atoms with van der Waals surface area (Å²) in [6.07, 6.45) is 4.41. The molecular weight excluding hydrogens is 134 g/mol. The van der Waals surface area contributed by atoms with Crippen molar-refractivity contribution in [2.45, 2.75) is 38.6 Å². The average Bonchev–Trinajstić information content (AvgIpc) is 1.81. The molecule has 1 nitrogen and oxygen atoms in total. The maximum absolute atomic E-state index is 2.55. The average molecular weight is 153 g/mol. The first-order valence-electron chi connectivity index (χ1n) is 4.85. The molecule has 1 aliphatic carbocycles. The summed E-state index contributed by atoms with van der Waals surface area (Å²) in [5.74, 6) is 1.94. The highest BCUT2D eigenvalue weighted by molar-refractivity contribution is 5.08. The zero-order valence-electron chi connectivity index (χ0n) is 7.93. The fourth-order valence-corrected chi connectivity index (χ4v) is 2.56. The van der Waals surface area contributed by atoms with E-state index in [1.807, 2.05) is 0 Å². The summed E-state index contributed by atoms with van der Waals surface area (Å²) in [6, 6.07) is 0. The molecule has 0 radical (unpaired) electrons. The van der Waals surface area contributed by atoms with Crippen LogP contribution in [0.15, 0.2) is 0 Å². The Balaban J connectivity index is 1.87. The summed E-state index contributed by atoms with van der Waals surface area (Å²) in [4.78, 5) is 2.55. The van der Waals surface area contributed by atoms with Crippen molar-refractivity contribution in [3.63, 3.8) is 0 Å². The van der Waals surface area contributed by atoms with E-state index in [-0.39, 0.29) is 0 Å². The van der Waals surface area contributed by atoms with Crippen LogP contribution in [0.25, 0.3) is 0 Å². The quantitative estimate of drug-likeness (QED) is 0.558. The van der Waals surface area contributed by atoms with Crippen LogP contribution in [0.3, 0.4) is 0 Å². The van der Waals surface area contributed by atoms with Crippen LogP contribution in [0.5, 0.6) is 0 Å². The Bertz CT molecular complexity index is 156. The first kappa shape index (κ1) is 7.60. The van der Waals surface area contributed by atoms with Gasteiger partial charge < -0.3 is 4.90 Å². The fourth-order valence-electron chi connectivity index (χ4n) is 2.56. The molecule has 1 heterocycles. The number of nitrogens with zero attached hydrogens (tertiary/aromatic N) is 1. The molecule has 2 fully saturated rings. The van der Waals surface area contributed by atoms with Crippen LogP contribution in [0, 0.1) is 11.8 Å². The number of hydrogen-bond acceptors (Lipinski definition) is 1. The summed E-state index contributed by atoms with van der Waals surface area (Å²) in [5.41, 5.74) is 0.689. The molecule has 11 heavy (non-hydrogen) atoms. The van der Waals surface area contributed by atoms with Gasteiger partial charge in [-0.15, -0.1) is 0 Å². The highest BCUT2D eigenvalue weighted by Gasteiger charge is 2.52. The molecule has 0 amide bonds. The van der Waals surface area contributed by atoms with Crippen LogP contribution in [-0.2, 0) is 0 Å². The molecule has 1 spiro atoms. The van der Waals surface area contributed by atoms with Crippen molar-refractivity contribution in [1.82, 2.24) is 4.90 Å². The Labute approximate surface area is 69.8 Å². The molecule has 0 aromatic carbocycles. The Morgan fingerprint density at radius 2 is 2.00 bits per heavy atom. The summed E-state index contributed by atoms with van der Waals surface area (Å²) in [7, 11) is 2.28. The van der Waals surface area contributed by atoms with Gasteiger partial charge in [-0.05, 0) is 38.1 Å². The highest BCUT2D eigenvalue weighted by atomic mass is 15.2. The predicted octanol–water partition coefficient (Wildman–Crippen LogP) is 2.13. The molecule has 2 rings (SSSR count). The van der Waals surface area contributed by atoms with E-state index in [9.17, 15) is 0 Å². The molecule has 0 bridgehead atoms. The smallest absolute Gasteiger partial charge is 0.0224 e. The molecule has 64 valence electrons. The lowest BCUT2D eigenvalue weighted by molar-refractivity contribution is -0.0991. The molecule has 1 aliphatic heterocycles. The summed E-state index contributed by atoms with van der Waals surface area (Å²) in [6.45, 7) is 6.05. The molecule has 1 saturated carbocycles. The van der Waals surface area contributed by atoms with Crippen molar-refractivity contribution in [1.29, 1.82) is 0 Å². The van der Waals surface area contributed by atoms with Crippen molar-refractivity contribution in [2.75, 3.05) is 13.6 Å². The minimum absolute atomic E-state index is 0.689. The maximum Gasteiger partial charge on any atom is 0.0224 e. The van der Waals surface area contributed by atoms with Gasteiger partial charge in [0.2, 0.25) is 0 Å². The predicted molar refractivity (Wildman–Crippen MR) is 47.5 cm³/mol. The first-order chi connectivity index (χ1) is 5.14. The topological polar surface area (TPSA) is 3.24 Å². The first-order valence-corrected chi connectivity index (χ1v) is 4.85. The SMILES string of the molecule is CC(C)C1CC2(CCN2C)C1. The molecule has 0 unspecified atom stereocenters. The lowest BCUT2D eigenvalue weighted by Gasteiger charge is -2.61. The number of hydrogen-bond donors (Lipinski definition) is 0. The van der Waals surface area contributed by atoms with Gasteiger partial charge in [-0.3, -0.25) is 0 Å². The van der Waals surface area contributed by atoms with E-state index in [2.05, 4.69) is 25.8 Å². The Hall–Kier alpha value is -0.0400. The van der Waals surface area contributed by atoms with Crippen LogP contribution >= 0.6 is 0 Å². The number of rotatable bonds is 1. The minimum Gasteiger partial charge on any atom is -0.301 e. The van der Waals surface area contributed by atoms with Gasteiger partial charge in [0.25, 0.3) is 0 Å². The third-order valence-electron chi connectivity index (χ3n) is 3.95. The van der Waals surface area contributed by atoms with E-state index < -0.39 is 0 Å². The number of likely N-dealkylation sites (tertiary alicyclic amines) is 1. The van der Waals surface area contributed by atoms with Crippen molar-refractivity contribution >= 4 is 0 Å². The van der Waals surface area contributed by atoms with Crippen LogP contribution in [0.4, 0.5) is 0 Å². The molecule has 0 aromatic rings. The highest BCUT2D eigenvalue weighted by Crippen LogP contribution is 2.51. The van der Waals surface area contributed by atoms with E-state index in [0.717, 1.165) is 11.8 Å². The van der Waals surface area contributed by atoms with Crippen molar-refractivity contribution < 1.29 is 0 Å². The van der Waals surface area contributed by atoms with Crippen molar-refractivity contribution in [3.8, 4) is 0 Å². The minimum atomic E-state index is 0.689. The van der Waals surface area contributed by atoms with Crippen molar-refractivity contribution in [3.05, 3.63) is 0 Å². The van der Waals surface area contributed by atoms with E-state index in [1.54, 1.807) is 0 Å². The Kier molecular flexibility index (Phi) is 1.54. The molecule has 0 atom stereocenters. The second-order valence-electron chi connectivity index (χ2n) is 4.81. The van der Waals surface area contributed by atoms with Crippen molar-refractivity contribution in [2.24, 2.45) is 11.8 Å². The van der Waals surface area contributed by atoms with Crippen LogP contribution in [0.1, 0.15) is 33.1 Å². The second kappa shape index (κ2) is 2.22. The van der Waals surface area contributed by atoms with Gasteiger partial charge in [0.05, 0.1) is 0 Å². The normalized spacial score (nSPS) is 44.2. The maximum atomic E-state index is 2.55. The summed E-state index contributed by atoms with van der Waals surface area (Å²) in [5, 5.41) is 0. The lowest BCUT2D eigenvalue weighted by atomic mass is 9.59. The zero-order valence-corrected chi connectivity index (χ0v) is 7.93. The van der Waals surface area contributed by atoms with Gasteiger partial charge in [0.1, 0.15) is 0 Å². The summed E-state index contributed by atoms with van der Waals surface area (Å²) < 4.78 is 0. The van der Waals surface area contributed by atoms with E-state index >= 15 is 0 Å². The largest absolute Gasteiger partial charge is 0.301 e. The third-order valence-corrected chi connectivity index (χ3v) is 3.95. The molecule has 0 N–H and O–H groups in total. The standard InChI is InChI=1S/C10H19N/c1-8(2)9-6-10(7-9)4-5-11(10)3/h8-9H,4-7H2,1-3H3.